The molecule has 0 spiro atoms. The van der Waals surface area contributed by atoms with Crippen LogP contribution in [0.25, 0.3) is 10.8 Å². The van der Waals surface area contributed by atoms with Crippen LogP contribution in [-0.2, 0) is 17.6 Å². The molecule has 0 unspecified atom stereocenters. The van der Waals surface area contributed by atoms with Gasteiger partial charge in [-0.1, -0.05) is 50.1 Å². The molecule has 0 aliphatic rings. The first-order valence-electron chi connectivity index (χ1n) is 13.2. The molecule has 0 saturated carbocycles. The van der Waals surface area contributed by atoms with Crippen molar-refractivity contribution in [2.24, 2.45) is 16.5 Å². The van der Waals surface area contributed by atoms with E-state index in [1.807, 2.05) is 30.3 Å². The number of carbonyl (C=O) groups excluding carboxylic acids is 1. The Morgan fingerprint density at radius 1 is 1.05 bits per heavy atom. The Morgan fingerprint density at radius 2 is 1.87 bits per heavy atom. The number of nitrogens with two attached hydrogens (primary N) is 2. The van der Waals surface area contributed by atoms with Crippen molar-refractivity contribution in [3.63, 3.8) is 0 Å². The van der Waals surface area contributed by atoms with Gasteiger partial charge in [-0.25, -0.2) is 0 Å². The van der Waals surface area contributed by atoms with Crippen molar-refractivity contribution in [1.29, 1.82) is 0 Å². The van der Waals surface area contributed by atoms with Crippen LogP contribution in [0, 0.1) is 0 Å². The van der Waals surface area contributed by atoms with Gasteiger partial charge in [-0.15, -0.1) is 0 Å². The number of ketones is 1. The summed E-state index contributed by atoms with van der Waals surface area (Å²) in [6.45, 7) is 2.67. The predicted octanol–water partition coefficient (Wildman–Crippen LogP) is 5.50. The first-order valence-corrected chi connectivity index (χ1v) is 13.2. The predicted molar refractivity (Wildman–Crippen MR) is 154 cm³/mol. The van der Waals surface area contributed by atoms with Crippen molar-refractivity contribution in [2.75, 3.05) is 13.7 Å². The minimum atomic E-state index is -0.427. The summed E-state index contributed by atoms with van der Waals surface area (Å²) in [5.41, 5.74) is 13.6. The lowest BCUT2D eigenvalue weighted by Gasteiger charge is -2.17. The van der Waals surface area contributed by atoms with E-state index in [0.29, 0.717) is 25.1 Å². The average Bonchev–Trinajstić information content (AvgIpc) is 2.89. The van der Waals surface area contributed by atoms with Crippen molar-refractivity contribution in [3.8, 4) is 17.2 Å². The van der Waals surface area contributed by atoms with Gasteiger partial charge in [-0.2, -0.15) is 0 Å². The maximum Gasteiger partial charge on any atom is 0.185 e. The van der Waals surface area contributed by atoms with E-state index < -0.39 is 5.92 Å². The summed E-state index contributed by atoms with van der Waals surface area (Å²) < 4.78 is 5.27. The van der Waals surface area contributed by atoms with E-state index in [0.717, 1.165) is 59.6 Å². The Kier molecular flexibility index (Phi) is 10.6. The third-order valence-corrected chi connectivity index (χ3v) is 6.63. The van der Waals surface area contributed by atoms with Crippen molar-refractivity contribution < 1.29 is 19.7 Å². The third kappa shape index (κ3) is 8.00. The molecule has 7 heteroatoms. The smallest absolute Gasteiger partial charge is 0.185 e. The number of aliphatic imine (C=N–C) groups is 1. The van der Waals surface area contributed by atoms with Crippen molar-refractivity contribution in [3.05, 3.63) is 77.4 Å². The van der Waals surface area contributed by atoms with Gasteiger partial charge in [0.25, 0.3) is 0 Å². The average molecular weight is 518 g/mol. The summed E-state index contributed by atoms with van der Waals surface area (Å²) in [5, 5.41) is 22.3. The molecule has 202 valence electrons. The fraction of sp³-hybridized carbons (Fsp3) is 0.355. The topological polar surface area (TPSA) is 131 Å². The lowest BCUT2D eigenvalue weighted by atomic mass is 9.86. The number of aryl methyl sites for hydroxylation is 1. The van der Waals surface area contributed by atoms with E-state index in [1.54, 1.807) is 30.3 Å². The molecular formula is C31H39N3O4. The van der Waals surface area contributed by atoms with Crippen LogP contribution >= 0.6 is 0 Å². The number of hydrogen-bond donors (Lipinski definition) is 4. The zero-order valence-electron chi connectivity index (χ0n) is 22.3. The number of phenolic OH excluding ortho intramolecular Hbond substituents is 2. The summed E-state index contributed by atoms with van der Waals surface area (Å²) in [4.78, 5) is 17.5. The van der Waals surface area contributed by atoms with Crippen LogP contribution in [0.3, 0.4) is 0 Å². The highest BCUT2D eigenvalue weighted by Gasteiger charge is 2.21. The van der Waals surface area contributed by atoms with Crippen LogP contribution in [-0.4, -0.2) is 35.6 Å². The first kappa shape index (κ1) is 28.6. The summed E-state index contributed by atoms with van der Waals surface area (Å²) in [7, 11) is 1.51. The van der Waals surface area contributed by atoms with Crippen LogP contribution in [0.15, 0.2) is 65.7 Å². The van der Waals surface area contributed by atoms with E-state index in [2.05, 4.69) is 11.9 Å². The molecule has 0 fully saturated rings. The molecule has 6 N–H and O–H groups in total. The molecule has 38 heavy (non-hydrogen) atoms. The van der Waals surface area contributed by atoms with E-state index in [-0.39, 0.29) is 23.2 Å². The molecule has 0 heterocycles. The highest BCUT2D eigenvalue weighted by atomic mass is 16.5. The number of guanidine groups is 1. The molecular weight excluding hydrogens is 478 g/mol. The summed E-state index contributed by atoms with van der Waals surface area (Å²) >= 11 is 0. The van der Waals surface area contributed by atoms with Gasteiger partial charge in [0.05, 0.1) is 13.0 Å². The molecule has 0 radical (unpaired) electrons. The number of unbranched alkanes of at least 4 members (excludes halogenated alkanes) is 3. The lowest BCUT2D eigenvalue weighted by Crippen LogP contribution is -2.23. The normalized spacial score (nSPS) is 12.1. The number of carbonyl (C=O) groups is 1. The number of nitrogens with zero attached hydrogens (tertiary/aromatic N) is 1. The molecule has 0 aliphatic heterocycles. The fourth-order valence-electron chi connectivity index (χ4n) is 4.65. The van der Waals surface area contributed by atoms with Gasteiger partial charge in [0.2, 0.25) is 0 Å². The quantitative estimate of drug-likeness (QED) is 0.0967. The highest BCUT2D eigenvalue weighted by molar-refractivity contribution is 5.97. The van der Waals surface area contributed by atoms with Crippen molar-refractivity contribution >= 4 is 22.5 Å². The van der Waals surface area contributed by atoms with Gasteiger partial charge in [0.1, 0.15) is 5.75 Å². The van der Waals surface area contributed by atoms with Crippen LogP contribution in [0.1, 0.15) is 61.6 Å². The Labute approximate surface area is 224 Å². The second-order valence-corrected chi connectivity index (χ2v) is 9.56. The highest BCUT2D eigenvalue weighted by Crippen LogP contribution is 2.33. The van der Waals surface area contributed by atoms with Crippen LogP contribution in [0.2, 0.25) is 0 Å². The number of fused-ring (bicyclic) bond motifs is 1. The molecule has 0 aliphatic carbocycles. The zero-order chi connectivity index (χ0) is 27.5. The summed E-state index contributed by atoms with van der Waals surface area (Å²) in [6, 6.07) is 14.6. The molecule has 0 amide bonds. The van der Waals surface area contributed by atoms with E-state index in [9.17, 15) is 15.0 Å². The van der Waals surface area contributed by atoms with Gasteiger partial charge in [0, 0.05) is 6.54 Å². The standard InChI is InChI=1S/C31H39N3O4/c1-3-4-5-6-7-10-28(36)27(16-21-11-14-29(37)30(17-21)38-2)23-12-13-26-22(9-8-15-34-31(32)33)19-25(35)20-24(26)18-23/h7,10-14,17-20,27,35,37H,3-6,8-9,15-16H2,1-2H3,(H4,32,33,34)/t27-/m1/s1. The second-order valence-electron chi connectivity index (χ2n) is 9.56. The Bertz CT molecular complexity index is 1300. The molecule has 0 saturated heterocycles. The number of methoxy groups -OCH3 is 1. The molecule has 3 rings (SSSR count). The fourth-order valence-corrected chi connectivity index (χ4v) is 4.65. The molecule has 0 bridgehead atoms. The monoisotopic (exact) mass is 517 g/mol. The van der Waals surface area contributed by atoms with Gasteiger partial charge in [0.15, 0.2) is 23.2 Å². The summed E-state index contributed by atoms with van der Waals surface area (Å²) in [6.07, 6.45) is 9.75. The van der Waals surface area contributed by atoms with Crippen molar-refractivity contribution in [2.45, 2.75) is 57.8 Å². The Balaban J connectivity index is 1.94. The lowest BCUT2D eigenvalue weighted by molar-refractivity contribution is -0.116. The van der Waals surface area contributed by atoms with Gasteiger partial charge in [-0.05, 0) is 89.9 Å². The maximum absolute atomic E-state index is 13.5. The maximum atomic E-state index is 13.5. The zero-order valence-corrected chi connectivity index (χ0v) is 22.3. The minimum absolute atomic E-state index is 0.0190. The van der Waals surface area contributed by atoms with Crippen LogP contribution in [0.5, 0.6) is 17.2 Å². The van der Waals surface area contributed by atoms with Crippen LogP contribution in [0.4, 0.5) is 0 Å². The molecule has 0 aromatic heterocycles. The van der Waals surface area contributed by atoms with Crippen LogP contribution < -0.4 is 16.2 Å². The first-order chi connectivity index (χ1) is 18.3. The van der Waals surface area contributed by atoms with Crippen molar-refractivity contribution in [1.82, 2.24) is 0 Å². The van der Waals surface area contributed by atoms with E-state index in [4.69, 9.17) is 16.2 Å². The molecule has 3 aromatic carbocycles. The second kappa shape index (κ2) is 14.1. The molecule has 1 atom stereocenters. The summed E-state index contributed by atoms with van der Waals surface area (Å²) in [5.74, 6) is 0.264. The Hall–Kier alpha value is -4.00. The molecule has 3 aromatic rings. The largest absolute Gasteiger partial charge is 0.508 e. The van der Waals surface area contributed by atoms with Gasteiger partial charge in [-0.3, -0.25) is 9.79 Å². The van der Waals surface area contributed by atoms with Gasteiger partial charge < -0.3 is 26.4 Å². The number of allylic oxidation sites excluding steroid dienone is 2. The third-order valence-electron chi connectivity index (χ3n) is 6.63. The van der Waals surface area contributed by atoms with E-state index in [1.165, 1.54) is 7.11 Å². The number of rotatable bonds is 14. The van der Waals surface area contributed by atoms with E-state index >= 15 is 0 Å². The number of hydrogen-bond acceptors (Lipinski definition) is 5. The number of benzene rings is 3. The minimum Gasteiger partial charge on any atom is -0.508 e. The molecule has 7 nitrogen and oxygen atoms in total. The SMILES string of the molecule is CCCCCC=CC(=O)[C@H](Cc1ccc(O)c(OC)c1)c1ccc2c(CCCN=C(N)N)cc(O)cc2c1. The number of aromatic hydroxyl groups is 2. The Morgan fingerprint density at radius 3 is 2.61 bits per heavy atom. The number of ether oxygens (including phenoxy) is 1. The van der Waals surface area contributed by atoms with Gasteiger partial charge >= 0.3 is 0 Å². The number of phenols is 2.